The highest BCUT2D eigenvalue weighted by molar-refractivity contribution is 7.22. The average Bonchev–Trinajstić information content (AvgIpc) is 3.14. The number of thiazole rings is 1. The predicted octanol–water partition coefficient (Wildman–Crippen LogP) is 4.01. The Bertz CT molecular complexity index is 1190. The second-order valence-electron chi connectivity index (χ2n) is 6.09. The van der Waals surface area contributed by atoms with E-state index in [4.69, 9.17) is 4.74 Å². The lowest BCUT2D eigenvalue weighted by atomic mass is 10.2. The summed E-state index contributed by atoms with van der Waals surface area (Å²) >= 11 is 1.21. The molecule has 2 heterocycles. The van der Waals surface area contributed by atoms with Crippen LogP contribution < -0.4 is 5.32 Å². The zero-order valence-corrected chi connectivity index (χ0v) is 15.8. The lowest BCUT2D eigenvalue weighted by Gasteiger charge is -2.04. The van der Waals surface area contributed by atoms with Gasteiger partial charge in [0.1, 0.15) is 12.4 Å². The van der Waals surface area contributed by atoms with Crippen LogP contribution in [0.3, 0.4) is 0 Å². The molecule has 0 aliphatic heterocycles. The van der Waals surface area contributed by atoms with Crippen LogP contribution in [0.2, 0.25) is 0 Å². The van der Waals surface area contributed by atoms with Crippen molar-refractivity contribution in [3.05, 3.63) is 83.7 Å². The topological polar surface area (TPSA) is 101 Å². The third kappa shape index (κ3) is 4.22. The molecule has 0 aliphatic carbocycles. The fourth-order valence-corrected chi connectivity index (χ4v) is 3.54. The van der Waals surface area contributed by atoms with Gasteiger partial charge in [0.05, 0.1) is 15.8 Å². The van der Waals surface area contributed by atoms with Crippen molar-refractivity contribution >= 4 is 38.6 Å². The first-order valence-corrected chi connectivity index (χ1v) is 9.49. The van der Waals surface area contributed by atoms with Gasteiger partial charge < -0.3 is 9.84 Å². The van der Waals surface area contributed by atoms with Crippen LogP contribution in [0.4, 0.5) is 5.13 Å². The zero-order valence-electron chi connectivity index (χ0n) is 15.0. The summed E-state index contributed by atoms with van der Waals surface area (Å²) in [5, 5.41) is 12.7. The summed E-state index contributed by atoms with van der Waals surface area (Å²) in [6.07, 6.45) is 1.42. The molecule has 0 fully saturated rings. The van der Waals surface area contributed by atoms with Crippen LogP contribution in [0.5, 0.6) is 5.75 Å². The molecule has 2 N–H and O–H groups in total. The Morgan fingerprint density at radius 2 is 1.90 bits per heavy atom. The Hall–Kier alpha value is -3.78. The van der Waals surface area contributed by atoms with Crippen molar-refractivity contribution in [2.45, 2.75) is 6.61 Å². The number of carbonyl (C=O) groups excluding carboxylic acids is 2. The van der Waals surface area contributed by atoms with Gasteiger partial charge >= 0.3 is 5.97 Å². The third-order valence-electron chi connectivity index (χ3n) is 4.06. The minimum Gasteiger partial charge on any atom is -0.505 e. The highest BCUT2D eigenvalue weighted by atomic mass is 32.1. The number of carbonyl (C=O) groups is 2. The Labute approximate surface area is 169 Å². The Morgan fingerprint density at radius 3 is 2.69 bits per heavy atom. The molecule has 0 bridgehead atoms. The molecule has 7 nitrogen and oxygen atoms in total. The number of fused-ring (bicyclic) bond motifs is 1. The Balaban J connectivity index is 1.48. The summed E-state index contributed by atoms with van der Waals surface area (Å²) < 4.78 is 6.07. The van der Waals surface area contributed by atoms with Gasteiger partial charge in [-0.1, -0.05) is 41.7 Å². The van der Waals surface area contributed by atoms with Gasteiger partial charge in [-0.15, -0.1) is 0 Å². The monoisotopic (exact) mass is 405 g/mol. The van der Waals surface area contributed by atoms with E-state index in [1.54, 1.807) is 18.2 Å². The number of benzene rings is 2. The molecule has 0 unspecified atom stereocenters. The van der Waals surface area contributed by atoms with E-state index in [0.717, 1.165) is 10.3 Å². The molecule has 29 heavy (non-hydrogen) atoms. The van der Waals surface area contributed by atoms with Crippen molar-refractivity contribution in [3.8, 4) is 5.75 Å². The molecule has 0 radical (unpaired) electrons. The maximum absolute atomic E-state index is 12.3. The predicted molar refractivity (Wildman–Crippen MR) is 109 cm³/mol. The number of rotatable bonds is 5. The highest BCUT2D eigenvalue weighted by Crippen LogP contribution is 2.28. The number of hydrogen-bond donors (Lipinski definition) is 2. The molecular formula is C21H15N3O4S. The van der Waals surface area contributed by atoms with Gasteiger partial charge in [-0.05, 0) is 35.9 Å². The van der Waals surface area contributed by atoms with E-state index in [0.29, 0.717) is 16.2 Å². The molecule has 2 aromatic carbocycles. The number of aromatic nitrogens is 2. The molecule has 4 aromatic rings. The summed E-state index contributed by atoms with van der Waals surface area (Å²) in [5.41, 5.74) is 1.85. The fourth-order valence-electron chi connectivity index (χ4n) is 2.64. The SMILES string of the molecule is O=C(OCc1ccccc1)c1ccc2nc(NC(=O)c3ncccc3O)sc2c1. The maximum Gasteiger partial charge on any atom is 0.338 e. The minimum absolute atomic E-state index is 0.0862. The second-order valence-corrected chi connectivity index (χ2v) is 7.12. The molecule has 0 saturated carbocycles. The third-order valence-corrected chi connectivity index (χ3v) is 4.99. The Kier molecular flexibility index (Phi) is 5.17. The molecular weight excluding hydrogens is 390 g/mol. The molecule has 0 aliphatic rings. The molecule has 4 rings (SSSR count). The van der Waals surface area contributed by atoms with Crippen LogP contribution in [0, 0.1) is 0 Å². The molecule has 1 amide bonds. The normalized spacial score (nSPS) is 10.6. The van der Waals surface area contributed by atoms with Crippen LogP contribution in [-0.2, 0) is 11.3 Å². The first kappa shape index (κ1) is 18.6. The van der Waals surface area contributed by atoms with Gasteiger partial charge in [0.25, 0.3) is 5.91 Å². The van der Waals surface area contributed by atoms with Crippen molar-refractivity contribution in [1.29, 1.82) is 0 Å². The molecule has 0 spiro atoms. The largest absolute Gasteiger partial charge is 0.505 e. The fraction of sp³-hybridized carbons (Fsp3) is 0.0476. The summed E-state index contributed by atoms with van der Waals surface area (Å²) in [4.78, 5) is 32.8. The van der Waals surface area contributed by atoms with Gasteiger partial charge in [-0.3, -0.25) is 10.1 Å². The lowest BCUT2D eigenvalue weighted by Crippen LogP contribution is -2.13. The summed E-state index contributed by atoms with van der Waals surface area (Å²) in [5.74, 6) is -1.22. The van der Waals surface area contributed by atoms with Crippen LogP contribution in [0.1, 0.15) is 26.4 Å². The number of ether oxygens (including phenoxy) is 1. The number of pyridine rings is 1. The van der Waals surface area contributed by atoms with Gasteiger partial charge in [-0.25, -0.2) is 14.8 Å². The van der Waals surface area contributed by atoms with Gasteiger partial charge in [-0.2, -0.15) is 0 Å². The Morgan fingerprint density at radius 1 is 1.07 bits per heavy atom. The smallest absolute Gasteiger partial charge is 0.338 e. The summed E-state index contributed by atoms with van der Waals surface area (Å²) in [7, 11) is 0. The first-order chi connectivity index (χ1) is 14.1. The average molecular weight is 405 g/mol. The number of nitrogens with zero attached hydrogens (tertiary/aromatic N) is 2. The molecule has 0 atom stereocenters. The van der Waals surface area contributed by atoms with Crippen LogP contribution >= 0.6 is 11.3 Å². The van der Waals surface area contributed by atoms with Gasteiger partial charge in [0.2, 0.25) is 0 Å². The standard InChI is InChI=1S/C21H15N3O4S/c25-16-7-4-10-22-18(16)19(26)24-21-23-15-9-8-14(11-17(15)29-21)20(27)28-12-13-5-2-1-3-6-13/h1-11,25H,12H2,(H,23,24,26). The number of hydrogen-bond acceptors (Lipinski definition) is 7. The van der Waals surface area contributed by atoms with Crippen molar-refractivity contribution in [2.75, 3.05) is 5.32 Å². The number of esters is 1. The first-order valence-electron chi connectivity index (χ1n) is 8.67. The van der Waals surface area contributed by atoms with Crippen molar-refractivity contribution in [2.24, 2.45) is 0 Å². The number of aromatic hydroxyl groups is 1. The van der Waals surface area contributed by atoms with E-state index in [1.165, 1.54) is 29.7 Å². The maximum atomic E-state index is 12.3. The van der Waals surface area contributed by atoms with E-state index in [1.807, 2.05) is 30.3 Å². The molecule has 0 saturated heterocycles. The summed E-state index contributed by atoms with van der Waals surface area (Å²) in [6.45, 7) is 0.190. The summed E-state index contributed by atoms with van der Waals surface area (Å²) in [6, 6.07) is 17.3. The molecule has 144 valence electrons. The van der Waals surface area contributed by atoms with E-state index in [-0.39, 0.29) is 18.1 Å². The van der Waals surface area contributed by atoms with E-state index in [9.17, 15) is 14.7 Å². The van der Waals surface area contributed by atoms with Crippen molar-refractivity contribution in [1.82, 2.24) is 9.97 Å². The van der Waals surface area contributed by atoms with E-state index in [2.05, 4.69) is 15.3 Å². The van der Waals surface area contributed by atoms with E-state index < -0.39 is 11.9 Å². The number of nitrogens with one attached hydrogen (secondary N) is 1. The van der Waals surface area contributed by atoms with Crippen LogP contribution in [0.25, 0.3) is 10.2 Å². The highest BCUT2D eigenvalue weighted by Gasteiger charge is 2.16. The van der Waals surface area contributed by atoms with Crippen LogP contribution in [-0.4, -0.2) is 27.0 Å². The number of amides is 1. The molecule has 2 aromatic heterocycles. The number of anilines is 1. The van der Waals surface area contributed by atoms with Crippen molar-refractivity contribution in [3.63, 3.8) is 0 Å². The second kappa shape index (κ2) is 8.07. The van der Waals surface area contributed by atoms with Crippen LogP contribution in [0.15, 0.2) is 66.9 Å². The van der Waals surface area contributed by atoms with Gasteiger partial charge in [0, 0.05) is 6.20 Å². The zero-order chi connectivity index (χ0) is 20.2. The van der Waals surface area contributed by atoms with Crippen molar-refractivity contribution < 1.29 is 19.4 Å². The minimum atomic E-state index is -0.565. The quantitative estimate of drug-likeness (QED) is 0.487. The lowest BCUT2D eigenvalue weighted by molar-refractivity contribution is 0.0473. The molecule has 8 heteroatoms. The van der Waals surface area contributed by atoms with Gasteiger partial charge in [0.15, 0.2) is 10.8 Å². The van der Waals surface area contributed by atoms with E-state index >= 15 is 0 Å².